The number of nitrogens with two attached hydrogens (primary N) is 1. The van der Waals surface area contributed by atoms with Crippen molar-refractivity contribution in [2.45, 2.75) is 90.9 Å². The van der Waals surface area contributed by atoms with E-state index >= 15 is 0 Å². The Hall–Kier alpha value is -1.78. The third kappa shape index (κ3) is 9.51. The predicted molar refractivity (Wildman–Crippen MR) is 123 cm³/mol. The minimum absolute atomic E-state index is 0.567. The highest BCUT2D eigenvalue weighted by Crippen LogP contribution is 2.40. The summed E-state index contributed by atoms with van der Waals surface area (Å²) >= 11 is 0. The van der Waals surface area contributed by atoms with Gasteiger partial charge in [-0.3, -0.25) is 0 Å². The van der Waals surface area contributed by atoms with E-state index in [9.17, 15) is 0 Å². The summed E-state index contributed by atoms with van der Waals surface area (Å²) < 4.78 is 11.1. The SMILES string of the molecule is CCCCCCCCN(CCCCCCCC)c1cc(OC)c(N=[NH2+])c(OC)c1. The van der Waals surface area contributed by atoms with Crippen LogP contribution in [-0.2, 0) is 0 Å². The minimum atomic E-state index is 0.567. The lowest BCUT2D eigenvalue weighted by molar-refractivity contribution is -0.210. The minimum Gasteiger partial charge on any atom is -0.494 e. The summed E-state index contributed by atoms with van der Waals surface area (Å²) in [5.74, 6) is 1.33. The summed E-state index contributed by atoms with van der Waals surface area (Å²) in [5.41, 5.74) is 7.26. The summed E-state index contributed by atoms with van der Waals surface area (Å²) in [4.78, 5) is 2.48. The predicted octanol–water partition coefficient (Wildman–Crippen LogP) is 6.07. The second-order valence-electron chi connectivity index (χ2n) is 7.85. The molecule has 0 aliphatic carbocycles. The van der Waals surface area contributed by atoms with E-state index in [1.165, 1.54) is 77.0 Å². The van der Waals surface area contributed by atoms with Gasteiger partial charge in [-0.15, -0.1) is 0 Å². The first kappa shape index (κ1) is 25.3. The average Bonchev–Trinajstić information content (AvgIpc) is 2.75. The second kappa shape index (κ2) is 16.1. The molecule has 29 heavy (non-hydrogen) atoms. The first-order valence-electron chi connectivity index (χ1n) is 11.6. The summed E-state index contributed by atoms with van der Waals surface area (Å²) in [7, 11) is 3.30. The highest BCUT2D eigenvalue weighted by Gasteiger charge is 2.17. The zero-order valence-corrected chi connectivity index (χ0v) is 19.3. The van der Waals surface area contributed by atoms with Gasteiger partial charge in [0.15, 0.2) is 11.5 Å². The molecule has 1 aromatic rings. The fraction of sp³-hybridized carbons (Fsp3) is 0.750. The molecule has 5 heteroatoms. The van der Waals surface area contributed by atoms with Gasteiger partial charge in [-0.25, -0.2) is 0 Å². The number of benzene rings is 1. The molecule has 1 rings (SSSR count). The Kier molecular flexibility index (Phi) is 14.0. The monoisotopic (exact) mass is 406 g/mol. The Balaban J connectivity index is 2.78. The number of unbranched alkanes of at least 4 members (excludes halogenated alkanes) is 10. The molecule has 0 fully saturated rings. The smallest absolute Gasteiger partial charge is 0.213 e. The zero-order valence-electron chi connectivity index (χ0n) is 19.3. The molecule has 0 aliphatic rings. The van der Waals surface area contributed by atoms with Crippen molar-refractivity contribution in [2.24, 2.45) is 5.11 Å². The molecule has 1 aromatic carbocycles. The molecular formula is C24H44N3O2+. The van der Waals surface area contributed by atoms with Gasteiger partial charge in [0.1, 0.15) is 0 Å². The van der Waals surface area contributed by atoms with E-state index in [2.05, 4.69) is 23.9 Å². The maximum Gasteiger partial charge on any atom is 0.213 e. The van der Waals surface area contributed by atoms with Crippen molar-refractivity contribution in [3.8, 4) is 11.5 Å². The van der Waals surface area contributed by atoms with Gasteiger partial charge in [0, 0.05) is 30.9 Å². The number of methoxy groups -OCH3 is 2. The van der Waals surface area contributed by atoms with E-state index in [-0.39, 0.29) is 0 Å². The summed E-state index contributed by atoms with van der Waals surface area (Å²) in [6, 6.07) is 4.09. The maximum absolute atomic E-state index is 5.56. The van der Waals surface area contributed by atoms with Gasteiger partial charge in [-0.2, -0.15) is 5.53 Å². The molecule has 0 bridgehead atoms. The van der Waals surface area contributed by atoms with Crippen LogP contribution in [0.4, 0.5) is 11.4 Å². The normalized spacial score (nSPS) is 10.8. The fourth-order valence-electron chi connectivity index (χ4n) is 3.73. The molecule has 0 heterocycles. The van der Waals surface area contributed by atoms with E-state index < -0.39 is 0 Å². The van der Waals surface area contributed by atoms with Gasteiger partial charge >= 0.3 is 0 Å². The topological polar surface area (TPSA) is 59.7 Å². The Morgan fingerprint density at radius 3 is 1.52 bits per heavy atom. The van der Waals surface area contributed by atoms with E-state index in [1.54, 1.807) is 14.2 Å². The van der Waals surface area contributed by atoms with Crippen molar-refractivity contribution in [3.63, 3.8) is 0 Å². The van der Waals surface area contributed by atoms with Gasteiger partial charge < -0.3 is 14.4 Å². The van der Waals surface area contributed by atoms with E-state index in [0.717, 1.165) is 18.8 Å². The molecule has 166 valence electrons. The van der Waals surface area contributed by atoms with Crippen LogP contribution in [0.5, 0.6) is 11.5 Å². The lowest BCUT2D eigenvalue weighted by atomic mass is 10.1. The lowest BCUT2D eigenvalue weighted by Gasteiger charge is -2.26. The van der Waals surface area contributed by atoms with Gasteiger partial charge in [-0.1, -0.05) is 78.1 Å². The Bertz CT molecular complexity index is 522. The van der Waals surface area contributed by atoms with Crippen LogP contribution >= 0.6 is 0 Å². The van der Waals surface area contributed by atoms with Crippen LogP contribution in [0.25, 0.3) is 0 Å². The van der Waals surface area contributed by atoms with Gasteiger partial charge in [-0.05, 0) is 18.0 Å². The summed E-state index contributed by atoms with van der Waals surface area (Å²) in [5, 5.41) is 3.85. The fourth-order valence-corrected chi connectivity index (χ4v) is 3.73. The second-order valence-corrected chi connectivity index (χ2v) is 7.85. The van der Waals surface area contributed by atoms with Crippen molar-refractivity contribution in [1.29, 1.82) is 0 Å². The number of anilines is 1. The highest BCUT2D eigenvalue weighted by atomic mass is 16.5. The Labute approximate surface area is 178 Å². The quantitative estimate of drug-likeness (QED) is 0.238. The summed E-state index contributed by atoms with van der Waals surface area (Å²) in [6.45, 7) is 6.65. The maximum atomic E-state index is 5.56. The molecule has 2 N–H and O–H groups in total. The third-order valence-electron chi connectivity index (χ3n) is 5.52. The first-order valence-corrected chi connectivity index (χ1v) is 11.6. The molecule has 0 unspecified atom stereocenters. The van der Waals surface area contributed by atoms with Crippen molar-refractivity contribution in [2.75, 3.05) is 32.2 Å². The molecule has 0 aromatic heterocycles. The number of rotatable bonds is 18. The summed E-state index contributed by atoms with van der Waals surface area (Å²) in [6.07, 6.45) is 15.6. The number of ether oxygens (including phenoxy) is 2. The number of nitrogens with zero attached hydrogens (tertiary/aromatic N) is 2. The molecule has 0 radical (unpaired) electrons. The lowest BCUT2D eigenvalue weighted by Crippen LogP contribution is -2.26. The third-order valence-corrected chi connectivity index (χ3v) is 5.52. The molecule has 5 nitrogen and oxygen atoms in total. The first-order chi connectivity index (χ1) is 14.2. The number of hydrogen-bond acceptors (Lipinski definition) is 4. The van der Waals surface area contributed by atoms with Crippen molar-refractivity contribution in [1.82, 2.24) is 0 Å². The van der Waals surface area contributed by atoms with E-state index in [4.69, 9.17) is 15.0 Å². The van der Waals surface area contributed by atoms with Crippen LogP contribution < -0.4 is 19.9 Å². The molecule has 0 saturated carbocycles. The van der Waals surface area contributed by atoms with Crippen LogP contribution in [0.3, 0.4) is 0 Å². The molecule has 0 spiro atoms. The van der Waals surface area contributed by atoms with Crippen molar-refractivity contribution >= 4 is 11.4 Å². The molecular weight excluding hydrogens is 362 g/mol. The highest BCUT2D eigenvalue weighted by molar-refractivity contribution is 5.69. The average molecular weight is 407 g/mol. The van der Waals surface area contributed by atoms with Crippen LogP contribution in [0.1, 0.15) is 90.9 Å². The standard InChI is InChI=1S/C24H43N3O2/c1-5-7-9-11-13-15-17-27(18-16-14-12-10-8-6-2)21-19-22(28-3)24(26-25)23(20-21)29-4/h19-20,25H,5-18H2,1-4H3/p+1. The van der Waals surface area contributed by atoms with Crippen LogP contribution in [-0.4, -0.2) is 27.3 Å². The van der Waals surface area contributed by atoms with Crippen LogP contribution in [0, 0.1) is 0 Å². The molecule has 0 atom stereocenters. The Morgan fingerprint density at radius 1 is 0.724 bits per heavy atom. The molecule has 0 amide bonds. The largest absolute Gasteiger partial charge is 0.494 e. The zero-order chi connectivity index (χ0) is 21.3. The molecule has 0 aliphatic heterocycles. The van der Waals surface area contributed by atoms with E-state index in [0.29, 0.717) is 17.2 Å². The van der Waals surface area contributed by atoms with Crippen LogP contribution in [0.15, 0.2) is 17.2 Å². The van der Waals surface area contributed by atoms with Crippen LogP contribution in [0.2, 0.25) is 0 Å². The van der Waals surface area contributed by atoms with Crippen molar-refractivity contribution in [3.05, 3.63) is 12.1 Å². The van der Waals surface area contributed by atoms with Gasteiger partial charge in [0.2, 0.25) is 5.69 Å². The van der Waals surface area contributed by atoms with Gasteiger partial charge in [0.05, 0.1) is 14.2 Å². The number of hydrogen-bond donors (Lipinski definition) is 1. The van der Waals surface area contributed by atoms with Crippen molar-refractivity contribution < 1.29 is 15.0 Å². The Morgan fingerprint density at radius 2 is 1.14 bits per heavy atom. The molecule has 0 saturated heterocycles. The van der Waals surface area contributed by atoms with E-state index in [1.807, 2.05) is 12.1 Å². The van der Waals surface area contributed by atoms with Gasteiger partial charge in [0.25, 0.3) is 0 Å².